The number of hydrogen-bond acceptors (Lipinski definition) is 7. The topological polar surface area (TPSA) is 64.7 Å². The number of hydrogen-bond donors (Lipinski definition) is 0. The van der Waals surface area contributed by atoms with Crippen LogP contribution in [0.2, 0.25) is 0 Å². The quantitative estimate of drug-likeness (QED) is 0.166. The van der Waals surface area contributed by atoms with E-state index in [4.69, 9.17) is 19.9 Å². The number of benzene rings is 9. The summed E-state index contributed by atoms with van der Waals surface area (Å²) in [5.74, 6) is 2.75. The second-order valence-electron chi connectivity index (χ2n) is 20.1. The van der Waals surface area contributed by atoms with Gasteiger partial charge in [-0.15, -0.1) is 22.7 Å². The van der Waals surface area contributed by atoms with Crippen molar-refractivity contribution in [3.63, 3.8) is 0 Å². The molecule has 9 heteroatoms. The number of allylic oxidation sites excluding steroid dienone is 2. The molecule has 17 rings (SSSR count). The van der Waals surface area contributed by atoms with Gasteiger partial charge >= 0.3 is 0 Å². The second-order valence-corrected chi connectivity index (χ2v) is 22.2. The van der Waals surface area contributed by atoms with Crippen LogP contribution in [0.5, 0.6) is 0 Å². The smallest absolute Gasteiger partial charge is 0.240 e. The van der Waals surface area contributed by atoms with E-state index in [9.17, 15) is 0 Å². The zero-order chi connectivity index (χ0) is 50.3. The summed E-state index contributed by atoms with van der Waals surface area (Å²) in [5.41, 5.74) is 11.9. The van der Waals surface area contributed by atoms with E-state index in [0.717, 1.165) is 71.3 Å². The molecule has 360 valence electrons. The summed E-state index contributed by atoms with van der Waals surface area (Å²) in [4.78, 5) is 24.8. The van der Waals surface area contributed by atoms with Crippen molar-refractivity contribution in [2.75, 3.05) is 4.90 Å². The standard InChI is InChI=1S/C68H41N7S2/c1-2-18-40(19-3-1)42-26-16-27-49-50-38-62-51(39-61(50)76-64(42)49)52-36-41(54-28-17-35-63(69-54)73-55-29-10-4-20-43(55)44-21-5-11-30-56(44)73)37-53(65(52)77-62)66-70-67(74-57-31-12-6-22-45(57)46-23-7-13-32-58(46)74)72-68(71-66)75-59-33-14-8-24-47(59)48-25-9-15-34-60(48)75/h1-39,45,57H. The Morgan fingerprint density at radius 3 is 1.66 bits per heavy atom. The fourth-order valence-corrected chi connectivity index (χ4v) is 15.0. The van der Waals surface area contributed by atoms with E-state index in [1.54, 1.807) is 0 Å². The number of rotatable bonds is 6. The molecule has 9 aromatic carbocycles. The Balaban J connectivity index is 0.951. The molecule has 0 saturated carbocycles. The number of thiophene rings is 2. The highest BCUT2D eigenvalue weighted by atomic mass is 32.1. The normalized spacial score (nSPS) is 15.1. The van der Waals surface area contributed by atoms with Crippen LogP contribution in [0.1, 0.15) is 11.5 Å². The summed E-state index contributed by atoms with van der Waals surface area (Å²) in [7, 11) is 0. The van der Waals surface area contributed by atoms with Gasteiger partial charge in [0.1, 0.15) is 5.82 Å². The SMILES string of the molecule is C1=CC2c3ccccc3N(c3nc(-c4cc(-c5cccc(-n6c7ccccc7c7ccccc76)n5)cc5c4sc4cc6c(cc45)sc4c(-c5ccccc5)cccc46)nc(-n4c5ccccc5c5ccccc54)n3)C2C=C1. The molecule has 77 heavy (non-hydrogen) atoms. The number of fused-ring (bicyclic) bond motifs is 15. The maximum atomic E-state index is 5.67. The molecule has 15 aromatic rings. The van der Waals surface area contributed by atoms with Crippen molar-refractivity contribution in [2.24, 2.45) is 0 Å². The summed E-state index contributed by atoms with van der Waals surface area (Å²) < 4.78 is 9.38. The number of pyridine rings is 1. The molecule has 0 N–H and O–H groups in total. The number of nitrogens with zero attached hydrogens (tertiary/aromatic N) is 7. The molecule has 0 bridgehead atoms. The van der Waals surface area contributed by atoms with Gasteiger partial charge in [0.25, 0.3) is 0 Å². The summed E-state index contributed by atoms with van der Waals surface area (Å²) in [6.45, 7) is 0. The summed E-state index contributed by atoms with van der Waals surface area (Å²) in [6, 6.07) is 76.4. The van der Waals surface area contributed by atoms with Gasteiger partial charge in [-0.2, -0.15) is 15.0 Å². The minimum atomic E-state index is -0.0210. The van der Waals surface area contributed by atoms with E-state index >= 15 is 0 Å². The predicted octanol–water partition coefficient (Wildman–Crippen LogP) is 17.9. The third-order valence-electron chi connectivity index (χ3n) is 15.9. The molecule has 2 aliphatic rings. The molecule has 0 spiro atoms. The van der Waals surface area contributed by atoms with Crippen LogP contribution in [0.25, 0.3) is 129 Å². The first-order chi connectivity index (χ1) is 38.2. The molecule has 1 aliphatic heterocycles. The Kier molecular flexibility index (Phi) is 9.15. The van der Waals surface area contributed by atoms with Gasteiger partial charge in [-0.3, -0.25) is 9.13 Å². The lowest BCUT2D eigenvalue weighted by Crippen LogP contribution is -2.30. The van der Waals surface area contributed by atoms with E-state index in [0.29, 0.717) is 17.7 Å². The monoisotopic (exact) mass is 1020 g/mol. The zero-order valence-electron chi connectivity index (χ0n) is 41.1. The number of anilines is 2. The molecule has 0 radical (unpaired) electrons. The lowest BCUT2D eigenvalue weighted by atomic mass is 9.92. The van der Waals surface area contributed by atoms with Crippen molar-refractivity contribution in [1.29, 1.82) is 0 Å². The summed E-state index contributed by atoms with van der Waals surface area (Å²) >= 11 is 3.68. The highest BCUT2D eigenvalue weighted by molar-refractivity contribution is 7.28. The average molecular weight is 1020 g/mol. The van der Waals surface area contributed by atoms with Crippen molar-refractivity contribution >= 4 is 118 Å². The molecule has 0 fully saturated rings. The van der Waals surface area contributed by atoms with Crippen molar-refractivity contribution in [3.8, 4) is 45.5 Å². The first-order valence-corrected chi connectivity index (χ1v) is 27.7. The van der Waals surface area contributed by atoms with Crippen LogP contribution in [0, 0.1) is 0 Å². The maximum Gasteiger partial charge on any atom is 0.240 e. The van der Waals surface area contributed by atoms with Crippen LogP contribution in [0.3, 0.4) is 0 Å². The molecule has 7 heterocycles. The minimum Gasteiger partial charge on any atom is -0.302 e. The average Bonchev–Trinajstić information content (AvgIpc) is 4.32. The molecular formula is C68H41N7S2. The van der Waals surface area contributed by atoms with Gasteiger partial charge in [0.2, 0.25) is 11.9 Å². The van der Waals surface area contributed by atoms with Gasteiger partial charge in [-0.1, -0.05) is 170 Å². The Morgan fingerprint density at radius 1 is 0.377 bits per heavy atom. The van der Waals surface area contributed by atoms with E-state index in [1.165, 1.54) is 57.7 Å². The molecule has 1 aliphatic carbocycles. The summed E-state index contributed by atoms with van der Waals surface area (Å²) in [6.07, 6.45) is 8.90. The Morgan fingerprint density at radius 2 is 0.948 bits per heavy atom. The van der Waals surface area contributed by atoms with Crippen molar-refractivity contribution in [2.45, 2.75) is 12.0 Å². The van der Waals surface area contributed by atoms with Crippen molar-refractivity contribution in [3.05, 3.63) is 242 Å². The lowest BCUT2D eigenvalue weighted by molar-refractivity contribution is 0.725. The van der Waals surface area contributed by atoms with Gasteiger partial charge in [0, 0.05) is 84.6 Å². The molecule has 2 unspecified atom stereocenters. The van der Waals surface area contributed by atoms with Gasteiger partial charge < -0.3 is 4.90 Å². The number of aromatic nitrogens is 6. The largest absolute Gasteiger partial charge is 0.302 e. The van der Waals surface area contributed by atoms with Crippen molar-refractivity contribution in [1.82, 2.24) is 29.1 Å². The highest BCUT2D eigenvalue weighted by Gasteiger charge is 2.39. The lowest BCUT2D eigenvalue weighted by Gasteiger charge is -2.27. The second kappa shape index (κ2) is 16.5. The van der Waals surface area contributed by atoms with Crippen LogP contribution < -0.4 is 4.90 Å². The third kappa shape index (κ3) is 6.35. The van der Waals surface area contributed by atoms with Crippen LogP contribution in [-0.4, -0.2) is 35.1 Å². The third-order valence-corrected chi connectivity index (χ3v) is 18.3. The Hall–Kier alpha value is -9.54. The van der Waals surface area contributed by atoms with Crippen LogP contribution in [-0.2, 0) is 0 Å². The number of para-hydroxylation sites is 5. The van der Waals surface area contributed by atoms with E-state index in [1.807, 2.05) is 22.7 Å². The van der Waals surface area contributed by atoms with E-state index < -0.39 is 0 Å². The molecule has 0 amide bonds. The van der Waals surface area contributed by atoms with Crippen molar-refractivity contribution < 1.29 is 0 Å². The first kappa shape index (κ1) is 42.8. The molecular weight excluding hydrogens is 979 g/mol. The molecule has 0 saturated heterocycles. The van der Waals surface area contributed by atoms with Gasteiger partial charge in [-0.05, 0) is 83.4 Å². The van der Waals surface area contributed by atoms with E-state index in [-0.39, 0.29) is 12.0 Å². The Bertz CT molecular complexity index is 4930. The first-order valence-electron chi connectivity index (χ1n) is 26.0. The van der Waals surface area contributed by atoms with Gasteiger partial charge in [0.05, 0.1) is 33.8 Å². The zero-order valence-corrected chi connectivity index (χ0v) is 42.8. The fraction of sp³-hybridized carbons (Fsp3) is 0.0294. The summed E-state index contributed by atoms with van der Waals surface area (Å²) in [5, 5.41) is 9.54. The molecule has 2 atom stereocenters. The van der Waals surface area contributed by atoms with Crippen LogP contribution in [0.15, 0.2) is 237 Å². The minimum absolute atomic E-state index is 0.0210. The molecule has 7 nitrogen and oxygen atoms in total. The molecule has 6 aromatic heterocycles. The predicted molar refractivity (Wildman–Crippen MR) is 322 cm³/mol. The maximum absolute atomic E-state index is 5.67. The van der Waals surface area contributed by atoms with Gasteiger partial charge in [0.15, 0.2) is 5.82 Å². The van der Waals surface area contributed by atoms with Crippen LogP contribution >= 0.6 is 22.7 Å². The Labute approximate surface area is 449 Å². The van der Waals surface area contributed by atoms with E-state index in [2.05, 4.69) is 251 Å². The fourth-order valence-electron chi connectivity index (χ4n) is 12.5. The van der Waals surface area contributed by atoms with Crippen LogP contribution in [0.4, 0.5) is 11.6 Å². The van der Waals surface area contributed by atoms with Gasteiger partial charge in [-0.25, -0.2) is 4.98 Å². The highest BCUT2D eigenvalue weighted by Crippen LogP contribution is 2.50.